The molecule has 1 aliphatic rings. The summed E-state index contributed by atoms with van der Waals surface area (Å²) in [7, 11) is 0. The number of carbonyl (C=O) groups excluding carboxylic acids is 2. The van der Waals surface area contributed by atoms with Gasteiger partial charge in [-0.2, -0.15) is 0 Å². The minimum Gasteiger partial charge on any atom is -0.352 e. The molecule has 4 nitrogen and oxygen atoms in total. The number of carbonyl (C=O) groups is 2. The van der Waals surface area contributed by atoms with E-state index in [4.69, 9.17) is 0 Å². The Hall–Kier alpha value is -2.21. The van der Waals surface area contributed by atoms with Gasteiger partial charge in [0, 0.05) is 29.7 Å². The van der Waals surface area contributed by atoms with Gasteiger partial charge >= 0.3 is 0 Å². The summed E-state index contributed by atoms with van der Waals surface area (Å²) in [4.78, 5) is 26.2. The minimum absolute atomic E-state index is 0.00540. The molecule has 0 fully saturated rings. The van der Waals surface area contributed by atoms with E-state index in [0.29, 0.717) is 30.4 Å². The average molecular weight is 405 g/mol. The summed E-state index contributed by atoms with van der Waals surface area (Å²) < 4.78 is 14.3. The molecule has 0 radical (unpaired) electrons. The molecule has 0 aromatic heterocycles. The molecule has 0 saturated heterocycles. The molecule has 2 amide bonds. The van der Waals surface area contributed by atoms with Gasteiger partial charge in [0.2, 0.25) is 5.91 Å². The van der Waals surface area contributed by atoms with Crippen LogP contribution in [0.5, 0.6) is 0 Å². The van der Waals surface area contributed by atoms with Crippen LogP contribution in [0.15, 0.2) is 46.9 Å². The Kier molecular flexibility index (Phi) is 5.48. The lowest BCUT2D eigenvalue weighted by Crippen LogP contribution is -2.30. The molecular formula is C19H18BrFN2O2. The van der Waals surface area contributed by atoms with Crippen molar-refractivity contribution >= 4 is 33.4 Å². The largest absolute Gasteiger partial charge is 0.352 e. The van der Waals surface area contributed by atoms with Crippen LogP contribution in [0.1, 0.15) is 28.8 Å². The summed E-state index contributed by atoms with van der Waals surface area (Å²) in [6.07, 6.45) is 1.73. The van der Waals surface area contributed by atoms with E-state index in [1.165, 1.54) is 17.7 Å². The molecule has 2 aromatic carbocycles. The number of benzene rings is 2. The first-order chi connectivity index (χ1) is 12.1. The second-order valence-corrected chi connectivity index (χ2v) is 6.82. The quantitative estimate of drug-likeness (QED) is 0.772. The van der Waals surface area contributed by atoms with Crippen molar-refractivity contribution in [1.29, 1.82) is 0 Å². The molecule has 0 atom stereocenters. The zero-order chi connectivity index (χ0) is 17.8. The van der Waals surface area contributed by atoms with Crippen LogP contribution in [0.25, 0.3) is 0 Å². The van der Waals surface area contributed by atoms with Gasteiger partial charge in [0.25, 0.3) is 5.91 Å². The number of nitrogens with zero attached hydrogens (tertiary/aromatic N) is 1. The van der Waals surface area contributed by atoms with E-state index in [2.05, 4.69) is 21.2 Å². The standard InChI is InChI=1S/C19H18BrFN2O2/c20-14-7-8-16(21)15(12-14)19(25)22-10-3-6-18(24)23-11-9-13-4-1-2-5-17(13)23/h1-2,4-5,7-8,12H,3,6,9-11H2,(H,22,25). The molecule has 3 rings (SSSR count). The molecule has 25 heavy (non-hydrogen) atoms. The van der Waals surface area contributed by atoms with Crippen LogP contribution in [0.4, 0.5) is 10.1 Å². The van der Waals surface area contributed by atoms with Crippen LogP contribution in [-0.2, 0) is 11.2 Å². The Morgan fingerprint density at radius 2 is 2.00 bits per heavy atom. The van der Waals surface area contributed by atoms with Crippen molar-refractivity contribution < 1.29 is 14.0 Å². The zero-order valence-electron chi connectivity index (χ0n) is 13.6. The van der Waals surface area contributed by atoms with E-state index in [0.717, 1.165) is 12.1 Å². The summed E-state index contributed by atoms with van der Waals surface area (Å²) in [6.45, 7) is 1.03. The van der Waals surface area contributed by atoms with Gasteiger partial charge in [0.15, 0.2) is 0 Å². The van der Waals surface area contributed by atoms with Crippen molar-refractivity contribution in [3.8, 4) is 0 Å². The number of para-hydroxylation sites is 1. The third-order valence-electron chi connectivity index (χ3n) is 4.21. The Labute approximate surface area is 154 Å². The summed E-state index contributed by atoms with van der Waals surface area (Å²) in [5.74, 6) is -0.990. The third kappa shape index (κ3) is 4.07. The molecule has 6 heteroatoms. The van der Waals surface area contributed by atoms with Gasteiger partial charge < -0.3 is 10.2 Å². The van der Waals surface area contributed by atoms with Gasteiger partial charge in [-0.1, -0.05) is 34.1 Å². The van der Waals surface area contributed by atoms with E-state index < -0.39 is 11.7 Å². The summed E-state index contributed by atoms with van der Waals surface area (Å²) in [5, 5.41) is 2.66. The van der Waals surface area contributed by atoms with Crippen LogP contribution in [0.2, 0.25) is 0 Å². The molecule has 0 unspecified atom stereocenters. The number of rotatable bonds is 5. The predicted molar refractivity (Wildman–Crippen MR) is 98.2 cm³/mol. The van der Waals surface area contributed by atoms with Crippen LogP contribution in [0.3, 0.4) is 0 Å². The Balaban J connectivity index is 1.48. The van der Waals surface area contributed by atoms with E-state index in [1.807, 2.05) is 24.3 Å². The molecule has 1 aliphatic heterocycles. The molecular weight excluding hydrogens is 387 g/mol. The molecule has 0 spiro atoms. The van der Waals surface area contributed by atoms with Crippen molar-refractivity contribution in [2.75, 3.05) is 18.0 Å². The maximum atomic E-state index is 13.7. The van der Waals surface area contributed by atoms with Crippen molar-refractivity contribution in [2.24, 2.45) is 0 Å². The van der Waals surface area contributed by atoms with Gasteiger partial charge in [0.05, 0.1) is 5.56 Å². The number of nitrogens with one attached hydrogen (secondary N) is 1. The van der Waals surface area contributed by atoms with Crippen LogP contribution in [0, 0.1) is 5.82 Å². The van der Waals surface area contributed by atoms with E-state index in [-0.39, 0.29) is 11.5 Å². The van der Waals surface area contributed by atoms with Crippen molar-refractivity contribution in [3.63, 3.8) is 0 Å². The SMILES string of the molecule is O=C(NCCCC(=O)N1CCc2ccccc21)c1cc(Br)ccc1F. The fraction of sp³-hybridized carbons (Fsp3) is 0.263. The van der Waals surface area contributed by atoms with E-state index >= 15 is 0 Å². The summed E-state index contributed by atoms with van der Waals surface area (Å²) >= 11 is 3.22. The molecule has 1 N–H and O–H groups in total. The maximum Gasteiger partial charge on any atom is 0.254 e. The normalized spacial score (nSPS) is 12.8. The Morgan fingerprint density at radius 1 is 1.20 bits per heavy atom. The van der Waals surface area contributed by atoms with Gasteiger partial charge in [-0.3, -0.25) is 9.59 Å². The fourth-order valence-electron chi connectivity index (χ4n) is 2.94. The highest BCUT2D eigenvalue weighted by atomic mass is 79.9. The predicted octanol–water partition coefficient (Wildman–Crippen LogP) is 3.69. The molecule has 0 aliphatic carbocycles. The van der Waals surface area contributed by atoms with Crippen molar-refractivity contribution in [1.82, 2.24) is 5.32 Å². The number of anilines is 1. The summed E-state index contributed by atoms with van der Waals surface area (Å²) in [6, 6.07) is 12.1. The first-order valence-electron chi connectivity index (χ1n) is 8.18. The molecule has 1 heterocycles. The molecule has 0 bridgehead atoms. The van der Waals surface area contributed by atoms with Crippen molar-refractivity contribution in [3.05, 3.63) is 63.9 Å². The Bertz CT molecular complexity index is 810. The van der Waals surface area contributed by atoms with E-state index in [9.17, 15) is 14.0 Å². The number of hydrogen-bond donors (Lipinski definition) is 1. The molecule has 0 saturated carbocycles. The van der Waals surface area contributed by atoms with E-state index in [1.54, 1.807) is 11.0 Å². The lowest BCUT2D eigenvalue weighted by atomic mass is 10.2. The third-order valence-corrected chi connectivity index (χ3v) is 4.71. The van der Waals surface area contributed by atoms with Gasteiger partial charge in [0.1, 0.15) is 5.82 Å². The highest BCUT2D eigenvalue weighted by Gasteiger charge is 2.23. The topological polar surface area (TPSA) is 49.4 Å². The second kappa shape index (κ2) is 7.78. The number of fused-ring (bicyclic) bond motifs is 1. The van der Waals surface area contributed by atoms with Crippen LogP contribution >= 0.6 is 15.9 Å². The fourth-order valence-corrected chi connectivity index (χ4v) is 3.30. The zero-order valence-corrected chi connectivity index (χ0v) is 15.2. The minimum atomic E-state index is -0.564. The van der Waals surface area contributed by atoms with Gasteiger partial charge in [-0.25, -0.2) is 4.39 Å². The molecule has 2 aromatic rings. The molecule has 130 valence electrons. The number of halogens is 2. The van der Waals surface area contributed by atoms with Gasteiger partial charge in [-0.15, -0.1) is 0 Å². The Morgan fingerprint density at radius 3 is 2.84 bits per heavy atom. The van der Waals surface area contributed by atoms with Crippen molar-refractivity contribution in [2.45, 2.75) is 19.3 Å². The van der Waals surface area contributed by atoms with Crippen LogP contribution < -0.4 is 10.2 Å². The second-order valence-electron chi connectivity index (χ2n) is 5.91. The lowest BCUT2D eigenvalue weighted by Gasteiger charge is -2.17. The highest BCUT2D eigenvalue weighted by Crippen LogP contribution is 2.28. The smallest absolute Gasteiger partial charge is 0.254 e. The number of amides is 2. The lowest BCUT2D eigenvalue weighted by molar-refractivity contribution is -0.118. The highest BCUT2D eigenvalue weighted by molar-refractivity contribution is 9.10. The average Bonchev–Trinajstić information content (AvgIpc) is 3.04. The monoisotopic (exact) mass is 404 g/mol. The number of hydrogen-bond acceptors (Lipinski definition) is 2. The summed E-state index contributed by atoms with van der Waals surface area (Å²) in [5.41, 5.74) is 2.16. The van der Waals surface area contributed by atoms with Gasteiger partial charge in [-0.05, 0) is 42.7 Å². The van der Waals surface area contributed by atoms with Crippen LogP contribution in [-0.4, -0.2) is 24.9 Å². The first-order valence-corrected chi connectivity index (χ1v) is 8.97. The first kappa shape index (κ1) is 17.6. The maximum absolute atomic E-state index is 13.7.